The minimum Gasteiger partial charge on any atom is -0.357 e. The topological polar surface area (TPSA) is 58.1 Å². The molecule has 114 valence electrons. The number of carbonyl (C=O) groups is 1. The summed E-state index contributed by atoms with van der Waals surface area (Å²) >= 11 is 0. The van der Waals surface area contributed by atoms with Crippen LogP contribution in [-0.2, 0) is 0 Å². The molecule has 2 aliphatic rings. The van der Waals surface area contributed by atoms with Crippen molar-refractivity contribution in [2.24, 2.45) is 0 Å². The summed E-state index contributed by atoms with van der Waals surface area (Å²) in [5.41, 5.74) is 0.496. The molecule has 0 unspecified atom stereocenters. The lowest BCUT2D eigenvalue weighted by atomic mass is 10.2. The lowest BCUT2D eigenvalue weighted by Gasteiger charge is -2.21. The lowest BCUT2D eigenvalue weighted by Crippen LogP contribution is -2.33. The Kier molecular flexibility index (Phi) is 4.68. The minimum atomic E-state index is -0.0552. The molecule has 1 saturated carbocycles. The fourth-order valence-electron chi connectivity index (χ4n) is 3.27. The highest BCUT2D eigenvalue weighted by Crippen LogP contribution is 2.19. The molecule has 5 heteroatoms. The van der Waals surface area contributed by atoms with Gasteiger partial charge in [0, 0.05) is 25.2 Å². The van der Waals surface area contributed by atoms with Crippen molar-refractivity contribution in [3.8, 4) is 0 Å². The summed E-state index contributed by atoms with van der Waals surface area (Å²) in [5.74, 6) is 0.837. The molecular formula is C16H24N4O. The van der Waals surface area contributed by atoms with Crippen LogP contribution in [0.1, 0.15) is 61.9 Å². The number of hydrogen-bond acceptors (Lipinski definition) is 4. The Labute approximate surface area is 126 Å². The average Bonchev–Trinajstić information content (AvgIpc) is 2.87. The molecule has 0 radical (unpaired) electrons. The molecule has 1 aromatic rings. The summed E-state index contributed by atoms with van der Waals surface area (Å²) in [5, 5.41) is 3.09. The van der Waals surface area contributed by atoms with E-state index in [1.807, 2.05) is 6.07 Å². The SMILES string of the molecule is O=C(NC1CCCC1)c1cc(N2CCCCCC2)ncn1. The van der Waals surface area contributed by atoms with Crippen molar-refractivity contribution in [3.63, 3.8) is 0 Å². The highest BCUT2D eigenvalue weighted by Gasteiger charge is 2.20. The molecule has 1 amide bonds. The van der Waals surface area contributed by atoms with Crippen molar-refractivity contribution in [2.75, 3.05) is 18.0 Å². The monoisotopic (exact) mass is 288 g/mol. The van der Waals surface area contributed by atoms with Gasteiger partial charge >= 0.3 is 0 Å². The second kappa shape index (κ2) is 6.87. The first-order valence-corrected chi connectivity index (χ1v) is 8.21. The molecule has 2 heterocycles. The van der Waals surface area contributed by atoms with Crippen LogP contribution in [0.15, 0.2) is 12.4 Å². The highest BCUT2D eigenvalue weighted by molar-refractivity contribution is 5.93. The smallest absolute Gasteiger partial charge is 0.270 e. The molecular weight excluding hydrogens is 264 g/mol. The van der Waals surface area contributed by atoms with E-state index in [0.717, 1.165) is 31.7 Å². The molecule has 2 fully saturated rings. The van der Waals surface area contributed by atoms with Gasteiger partial charge in [-0.3, -0.25) is 4.79 Å². The summed E-state index contributed by atoms with van der Waals surface area (Å²) in [6, 6.07) is 2.17. The summed E-state index contributed by atoms with van der Waals surface area (Å²) in [4.78, 5) is 23.1. The first kappa shape index (κ1) is 14.3. The Morgan fingerprint density at radius 3 is 2.48 bits per heavy atom. The van der Waals surface area contributed by atoms with E-state index in [1.54, 1.807) is 0 Å². The van der Waals surface area contributed by atoms with E-state index in [4.69, 9.17) is 0 Å². The number of anilines is 1. The second-order valence-corrected chi connectivity index (χ2v) is 6.12. The number of amides is 1. The molecule has 1 N–H and O–H groups in total. The average molecular weight is 288 g/mol. The van der Waals surface area contributed by atoms with E-state index < -0.39 is 0 Å². The van der Waals surface area contributed by atoms with Gasteiger partial charge in [-0.2, -0.15) is 0 Å². The van der Waals surface area contributed by atoms with Gasteiger partial charge in [0.15, 0.2) is 0 Å². The van der Waals surface area contributed by atoms with Gasteiger partial charge < -0.3 is 10.2 Å². The molecule has 1 aromatic heterocycles. The van der Waals surface area contributed by atoms with Gasteiger partial charge in [-0.1, -0.05) is 25.7 Å². The van der Waals surface area contributed by atoms with Crippen molar-refractivity contribution < 1.29 is 4.79 Å². The molecule has 21 heavy (non-hydrogen) atoms. The van der Waals surface area contributed by atoms with Crippen LogP contribution in [0.3, 0.4) is 0 Å². The van der Waals surface area contributed by atoms with Crippen LogP contribution >= 0.6 is 0 Å². The van der Waals surface area contributed by atoms with Crippen LogP contribution in [-0.4, -0.2) is 35.0 Å². The molecule has 0 aromatic carbocycles. The number of hydrogen-bond donors (Lipinski definition) is 1. The van der Waals surface area contributed by atoms with Crippen LogP contribution in [0.4, 0.5) is 5.82 Å². The Balaban J connectivity index is 1.68. The highest BCUT2D eigenvalue weighted by atomic mass is 16.1. The molecule has 0 bridgehead atoms. The van der Waals surface area contributed by atoms with E-state index in [9.17, 15) is 4.79 Å². The van der Waals surface area contributed by atoms with E-state index in [0.29, 0.717) is 11.7 Å². The van der Waals surface area contributed by atoms with Crippen molar-refractivity contribution in [2.45, 2.75) is 57.4 Å². The minimum absolute atomic E-state index is 0.0552. The fraction of sp³-hybridized carbons (Fsp3) is 0.688. The molecule has 0 spiro atoms. The summed E-state index contributed by atoms with van der Waals surface area (Å²) in [7, 11) is 0. The quantitative estimate of drug-likeness (QED) is 0.928. The van der Waals surface area contributed by atoms with Gasteiger partial charge in [-0.05, 0) is 25.7 Å². The Hall–Kier alpha value is -1.65. The van der Waals surface area contributed by atoms with Crippen LogP contribution in [0.2, 0.25) is 0 Å². The van der Waals surface area contributed by atoms with Gasteiger partial charge in [0.1, 0.15) is 17.8 Å². The van der Waals surface area contributed by atoms with Crippen LogP contribution < -0.4 is 10.2 Å². The number of rotatable bonds is 3. The predicted molar refractivity (Wildman–Crippen MR) is 82.4 cm³/mol. The van der Waals surface area contributed by atoms with Gasteiger partial charge in [0.2, 0.25) is 0 Å². The molecule has 1 aliphatic heterocycles. The van der Waals surface area contributed by atoms with Crippen LogP contribution in [0, 0.1) is 0 Å². The predicted octanol–water partition coefficient (Wildman–Crippen LogP) is 2.53. The maximum atomic E-state index is 12.3. The third-order valence-electron chi connectivity index (χ3n) is 4.51. The number of nitrogens with one attached hydrogen (secondary N) is 1. The first-order chi connectivity index (χ1) is 10.3. The van der Waals surface area contributed by atoms with E-state index in [2.05, 4.69) is 20.2 Å². The summed E-state index contributed by atoms with van der Waals surface area (Å²) < 4.78 is 0. The normalized spacial score (nSPS) is 20.3. The Bertz CT molecular complexity index is 477. The largest absolute Gasteiger partial charge is 0.357 e. The van der Waals surface area contributed by atoms with Gasteiger partial charge in [0.05, 0.1) is 0 Å². The van der Waals surface area contributed by atoms with Crippen molar-refractivity contribution >= 4 is 11.7 Å². The third kappa shape index (κ3) is 3.71. The Morgan fingerprint density at radius 1 is 1.05 bits per heavy atom. The second-order valence-electron chi connectivity index (χ2n) is 6.12. The number of nitrogens with zero attached hydrogens (tertiary/aromatic N) is 3. The van der Waals surface area contributed by atoms with E-state index in [-0.39, 0.29) is 5.91 Å². The maximum Gasteiger partial charge on any atom is 0.270 e. The van der Waals surface area contributed by atoms with Crippen molar-refractivity contribution in [1.82, 2.24) is 15.3 Å². The molecule has 1 saturated heterocycles. The third-order valence-corrected chi connectivity index (χ3v) is 4.51. The fourth-order valence-corrected chi connectivity index (χ4v) is 3.27. The molecule has 3 rings (SSSR count). The van der Waals surface area contributed by atoms with Crippen molar-refractivity contribution in [3.05, 3.63) is 18.1 Å². The first-order valence-electron chi connectivity index (χ1n) is 8.21. The zero-order chi connectivity index (χ0) is 14.5. The zero-order valence-corrected chi connectivity index (χ0v) is 12.6. The molecule has 1 aliphatic carbocycles. The molecule has 5 nitrogen and oxygen atoms in total. The Morgan fingerprint density at radius 2 is 1.76 bits per heavy atom. The van der Waals surface area contributed by atoms with Gasteiger partial charge in [-0.15, -0.1) is 0 Å². The van der Waals surface area contributed by atoms with Crippen LogP contribution in [0.5, 0.6) is 0 Å². The number of aromatic nitrogens is 2. The lowest BCUT2D eigenvalue weighted by molar-refractivity contribution is 0.0932. The van der Waals surface area contributed by atoms with Gasteiger partial charge in [0.25, 0.3) is 5.91 Å². The van der Waals surface area contributed by atoms with Crippen LogP contribution in [0.25, 0.3) is 0 Å². The summed E-state index contributed by atoms with van der Waals surface area (Å²) in [6.45, 7) is 2.06. The standard InChI is InChI=1S/C16H24N4O/c21-16(19-13-7-3-4-8-13)14-11-15(18-12-17-14)20-9-5-1-2-6-10-20/h11-13H,1-10H2,(H,19,21). The van der Waals surface area contributed by atoms with Gasteiger partial charge in [-0.25, -0.2) is 9.97 Å². The van der Waals surface area contributed by atoms with E-state index >= 15 is 0 Å². The molecule has 0 atom stereocenters. The number of carbonyl (C=O) groups excluding carboxylic acids is 1. The van der Waals surface area contributed by atoms with Crippen molar-refractivity contribution in [1.29, 1.82) is 0 Å². The zero-order valence-electron chi connectivity index (χ0n) is 12.6. The van der Waals surface area contributed by atoms with E-state index in [1.165, 1.54) is 44.9 Å². The summed E-state index contributed by atoms with van der Waals surface area (Å²) in [6.07, 6.45) is 11.1. The maximum absolute atomic E-state index is 12.3.